The first-order valence-electron chi connectivity index (χ1n) is 8.49. The van der Waals surface area contributed by atoms with Crippen LogP contribution in [0.1, 0.15) is 30.0 Å². The van der Waals surface area contributed by atoms with Gasteiger partial charge in [0.15, 0.2) is 0 Å². The van der Waals surface area contributed by atoms with Crippen LogP contribution < -0.4 is 10.6 Å². The molecule has 0 bridgehead atoms. The molecule has 1 aliphatic rings. The van der Waals surface area contributed by atoms with Crippen molar-refractivity contribution >= 4 is 11.8 Å². The van der Waals surface area contributed by atoms with Gasteiger partial charge in [0.2, 0.25) is 11.8 Å². The second-order valence-corrected chi connectivity index (χ2v) is 6.13. The molecule has 2 aromatic carbocycles. The molecule has 1 saturated heterocycles. The topological polar surface area (TPSA) is 67.4 Å². The van der Waals surface area contributed by atoms with Crippen molar-refractivity contribution < 1.29 is 14.3 Å². The number of rotatable bonds is 7. The van der Waals surface area contributed by atoms with Crippen molar-refractivity contribution in [3.63, 3.8) is 0 Å². The van der Waals surface area contributed by atoms with Gasteiger partial charge in [-0.2, -0.15) is 0 Å². The van der Waals surface area contributed by atoms with Crippen LogP contribution in [0.2, 0.25) is 0 Å². The summed E-state index contributed by atoms with van der Waals surface area (Å²) < 4.78 is 5.82. The van der Waals surface area contributed by atoms with Crippen LogP contribution in [0.25, 0.3) is 0 Å². The fraction of sp³-hybridized carbons (Fsp3) is 0.300. The minimum atomic E-state index is -0.451. The molecule has 2 N–H and O–H groups in total. The van der Waals surface area contributed by atoms with E-state index in [-0.39, 0.29) is 17.9 Å². The minimum absolute atomic E-state index is 0.0725. The number of ether oxygens (including phenoxy) is 1. The van der Waals surface area contributed by atoms with Gasteiger partial charge in [-0.05, 0) is 17.5 Å². The van der Waals surface area contributed by atoms with E-state index >= 15 is 0 Å². The zero-order valence-electron chi connectivity index (χ0n) is 14.0. The van der Waals surface area contributed by atoms with Gasteiger partial charge in [-0.15, -0.1) is 0 Å². The van der Waals surface area contributed by atoms with E-state index in [1.54, 1.807) is 0 Å². The first-order chi connectivity index (χ1) is 12.2. The Hall–Kier alpha value is -2.66. The number of amides is 2. The number of benzene rings is 2. The molecule has 0 unspecified atom stereocenters. The number of hydrogen-bond donors (Lipinski definition) is 2. The molecule has 0 saturated carbocycles. The molecule has 5 nitrogen and oxygen atoms in total. The third-order valence-electron chi connectivity index (χ3n) is 4.23. The Morgan fingerprint density at radius 3 is 2.44 bits per heavy atom. The smallest absolute Gasteiger partial charge is 0.243 e. The second-order valence-electron chi connectivity index (χ2n) is 6.13. The van der Waals surface area contributed by atoms with Crippen molar-refractivity contribution in [2.24, 2.45) is 0 Å². The van der Waals surface area contributed by atoms with Gasteiger partial charge in [0.1, 0.15) is 6.04 Å². The zero-order chi connectivity index (χ0) is 17.5. The summed E-state index contributed by atoms with van der Waals surface area (Å²) in [6.45, 7) is 0.853. The van der Waals surface area contributed by atoms with Gasteiger partial charge in [0.05, 0.1) is 19.3 Å². The summed E-state index contributed by atoms with van der Waals surface area (Å²) in [5.74, 6) is -0.236. The fourth-order valence-electron chi connectivity index (χ4n) is 2.86. The molecule has 2 aromatic rings. The number of carbonyl (C=O) groups excluding carboxylic acids is 2. The maximum absolute atomic E-state index is 12.4. The summed E-state index contributed by atoms with van der Waals surface area (Å²) in [4.78, 5) is 23.8. The first-order valence-corrected chi connectivity index (χ1v) is 8.49. The average molecular weight is 338 g/mol. The van der Waals surface area contributed by atoms with E-state index in [2.05, 4.69) is 10.6 Å². The molecular weight excluding hydrogens is 316 g/mol. The quantitative estimate of drug-likeness (QED) is 0.814. The Bertz CT molecular complexity index is 703. The van der Waals surface area contributed by atoms with Gasteiger partial charge in [-0.3, -0.25) is 9.59 Å². The van der Waals surface area contributed by atoms with Crippen LogP contribution in [0.3, 0.4) is 0 Å². The van der Waals surface area contributed by atoms with Gasteiger partial charge in [-0.1, -0.05) is 60.7 Å². The SMILES string of the molecule is O=C1CC[C@@H](C(=O)N[C@@H](COCc2ccccc2)c2ccccc2)N1. The zero-order valence-corrected chi connectivity index (χ0v) is 14.0. The summed E-state index contributed by atoms with van der Waals surface area (Å²) in [5.41, 5.74) is 2.07. The molecular formula is C20H22N2O3. The molecule has 2 atom stereocenters. The summed E-state index contributed by atoms with van der Waals surface area (Å²) in [6.07, 6.45) is 0.940. The standard InChI is InChI=1S/C20H22N2O3/c23-19-12-11-17(21-19)20(24)22-18(16-9-5-2-6-10-16)14-25-13-15-7-3-1-4-8-15/h1-10,17-18H,11-14H2,(H,21,23)(H,22,24)/t17-,18-/m0/s1. The molecule has 0 radical (unpaired) electrons. The minimum Gasteiger partial charge on any atom is -0.374 e. The normalized spacial score (nSPS) is 17.8. The van der Waals surface area contributed by atoms with Crippen molar-refractivity contribution in [1.82, 2.24) is 10.6 Å². The second kappa shape index (κ2) is 8.44. The third kappa shape index (κ3) is 4.90. The lowest BCUT2D eigenvalue weighted by atomic mass is 10.1. The van der Waals surface area contributed by atoms with Crippen molar-refractivity contribution in [1.29, 1.82) is 0 Å². The van der Waals surface area contributed by atoms with Gasteiger partial charge < -0.3 is 15.4 Å². The Labute approximate surface area is 147 Å². The largest absolute Gasteiger partial charge is 0.374 e. The van der Waals surface area contributed by atoms with Gasteiger partial charge in [0, 0.05) is 6.42 Å². The predicted octanol–water partition coefficient (Wildman–Crippen LogP) is 2.34. The lowest BCUT2D eigenvalue weighted by molar-refractivity contribution is -0.126. The van der Waals surface area contributed by atoms with Crippen LogP contribution >= 0.6 is 0 Å². The molecule has 0 aromatic heterocycles. The summed E-state index contributed by atoms with van der Waals surface area (Å²) in [7, 11) is 0. The van der Waals surface area contributed by atoms with E-state index < -0.39 is 6.04 Å². The van der Waals surface area contributed by atoms with Crippen LogP contribution in [0.5, 0.6) is 0 Å². The van der Waals surface area contributed by atoms with Gasteiger partial charge >= 0.3 is 0 Å². The van der Waals surface area contributed by atoms with E-state index in [1.807, 2.05) is 60.7 Å². The van der Waals surface area contributed by atoms with E-state index in [0.717, 1.165) is 11.1 Å². The molecule has 5 heteroatoms. The van der Waals surface area contributed by atoms with E-state index in [4.69, 9.17) is 4.74 Å². The third-order valence-corrected chi connectivity index (χ3v) is 4.23. The van der Waals surface area contributed by atoms with Crippen molar-refractivity contribution in [3.05, 3.63) is 71.8 Å². The monoisotopic (exact) mass is 338 g/mol. The van der Waals surface area contributed by atoms with Crippen molar-refractivity contribution in [3.8, 4) is 0 Å². The van der Waals surface area contributed by atoms with Crippen molar-refractivity contribution in [2.45, 2.75) is 31.5 Å². The Morgan fingerprint density at radius 1 is 1.12 bits per heavy atom. The number of hydrogen-bond acceptors (Lipinski definition) is 3. The highest BCUT2D eigenvalue weighted by Crippen LogP contribution is 2.16. The molecule has 1 heterocycles. The molecule has 2 amide bonds. The highest BCUT2D eigenvalue weighted by Gasteiger charge is 2.28. The number of nitrogens with one attached hydrogen (secondary N) is 2. The highest BCUT2D eigenvalue weighted by atomic mass is 16.5. The summed E-state index contributed by atoms with van der Waals surface area (Å²) in [5, 5.41) is 5.70. The first kappa shape index (κ1) is 17.2. The van der Waals surface area contributed by atoms with E-state index in [0.29, 0.717) is 26.1 Å². The average Bonchev–Trinajstić information content (AvgIpc) is 3.09. The van der Waals surface area contributed by atoms with Crippen LogP contribution in [0.15, 0.2) is 60.7 Å². The fourth-order valence-corrected chi connectivity index (χ4v) is 2.86. The lowest BCUT2D eigenvalue weighted by Crippen LogP contribution is -2.44. The molecule has 130 valence electrons. The van der Waals surface area contributed by atoms with Crippen molar-refractivity contribution in [2.75, 3.05) is 6.61 Å². The molecule has 1 aliphatic heterocycles. The maximum atomic E-state index is 12.4. The predicted molar refractivity (Wildman–Crippen MR) is 94.6 cm³/mol. The summed E-state index contributed by atoms with van der Waals surface area (Å²) >= 11 is 0. The molecule has 0 spiro atoms. The van der Waals surface area contributed by atoms with Crippen LogP contribution in [0, 0.1) is 0 Å². The molecule has 25 heavy (non-hydrogen) atoms. The Morgan fingerprint density at radius 2 is 1.80 bits per heavy atom. The highest BCUT2D eigenvalue weighted by molar-refractivity contribution is 5.90. The maximum Gasteiger partial charge on any atom is 0.243 e. The van der Waals surface area contributed by atoms with E-state index in [1.165, 1.54) is 0 Å². The summed E-state index contributed by atoms with van der Waals surface area (Å²) in [6, 6.07) is 18.9. The van der Waals surface area contributed by atoms with E-state index in [9.17, 15) is 9.59 Å². The Kier molecular flexibility index (Phi) is 5.80. The van der Waals surface area contributed by atoms with Crippen LogP contribution in [-0.4, -0.2) is 24.5 Å². The van der Waals surface area contributed by atoms with Crippen LogP contribution in [-0.2, 0) is 20.9 Å². The van der Waals surface area contributed by atoms with Crippen LogP contribution in [0.4, 0.5) is 0 Å². The Balaban J connectivity index is 1.61. The number of carbonyl (C=O) groups is 2. The molecule has 3 rings (SSSR count). The van der Waals surface area contributed by atoms with Gasteiger partial charge in [-0.25, -0.2) is 0 Å². The lowest BCUT2D eigenvalue weighted by Gasteiger charge is -2.21. The molecule has 0 aliphatic carbocycles. The van der Waals surface area contributed by atoms with Gasteiger partial charge in [0.25, 0.3) is 0 Å². The molecule has 1 fully saturated rings.